The van der Waals surface area contributed by atoms with Gasteiger partial charge in [0.15, 0.2) is 0 Å². The molecule has 1 heterocycles. The molecular formula is C13H26N2O2. The van der Waals surface area contributed by atoms with Crippen LogP contribution in [0.15, 0.2) is 0 Å². The van der Waals surface area contributed by atoms with E-state index in [1.165, 1.54) is 25.7 Å². The summed E-state index contributed by atoms with van der Waals surface area (Å²) in [5.74, 6) is 0. The minimum atomic E-state index is 0.341. The summed E-state index contributed by atoms with van der Waals surface area (Å²) in [7, 11) is 3.84. The van der Waals surface area contributed by atoms with Crippen molar-refractivity contribution in [1.29, 1.82) is 0 Å². The van der Waals surface area contributed by atoms with Crippen molar-refractivity contribution in [3.8, 4) is 0 Å². The van der Waals surface area contributed by atoms with E-state index < -0.39 is 0 Å². The Morgan fingerprint density at radius 3 is 2.94 bits per heavy atom. The van der Waals surface area contributed by atoms with Crippen LogP contribution in [0.1, 0.15) is 25.7 Å². The van der Waals surface area contributed by atoms with Crippen LogP contribution in [0.4, 0.5) is 0 Å². The molecule has 0 radical (unpaired) electrons. The number of rotatable bonds is 4. The van der Waals surface area contributed by atoms with Crippen molar-refractivity contribution >= 4 is 0 Å². The fourth-order valence-corrected chi connectivity index (χ4v) is 3.16. The topological polar surface area (TPSA) is 33.7 Å². The van der Waals surface area contributed by atoms with Crippen molar-refractivity contribution in [1.82, 2.24) is 10.2 Å². The molecule has 0 bridgehead atoms. The number of nitrogens with zero attached hydrogens (tertiary/aromatic N) is 1. The van der Waals surface area contributed by atoms with Crippen molar-refractivity contribution in [3.05, 3.63) is 0 Å². The maximum absolute atomic E-state index is 5.76. The lowest BCUT2D eigenvalue weighted by molar-refractivity contribution is -0.0800. The molecule has 0 amide bonds. The van der Waals surface area contributed by atoms with E-state index in [9.17, 15) is 0 Å². The lowest BCUT2D eigenvalue weighted by Gasteiger charge is -2.43. The molecule has 0 aromatic heterocycles. The summed E-state index contributed by atoms with van der Waals surface area (Å²) >= 11 is 0. The zero-order valence-corrected chi connectivity index (χ0v) is 11.2. The molecule has 0 spiro atoms. The summed E-state index contributed by atoms with van der Waals surface area (Å²) in [5, 5.41) is 3.20. The van der Waals surface area contributed by atoms with Gasteiger partial charge in [0, 0.05) is 32.8 Å². The summed E-state index contributed by atoms with van der Waals surface area (Å²) in [6, 6.07) is 0.608. The summed E-state index contributed by atoms with van der Waals surface area (Å²) in [6.07, 6.45) is 5.93. The van der Waals surface area contributed by atoms with Gasteiger partial charge in [-0.2, -0.15) is 0 Å². The second-order valence-corrected chi connectivity index (χ2v) is 5.17. The Hall–Kier alpha value is -0.160. The molecule has 2 rings (SSSR count). The van der Waals surface area contributed by atoms with Crippen LogP contribution in [0, 0.1) is 0 Å². The minimum absolute atomic E-state index is 0.341. The van der Waals surface area contributed by atoms with Gasteiger partial charge in [-0.1, -0.05) is 12.8 Å². The summed E-state index contributed by atoms with van der Waals surface area (Å²) < 4.78 is 11.4. The van der Waals surface area contributed by atoms with E-state index >= 15 is 0 Å². The lowest BCUT2D eigenvalue weighted by atomic mass is 9.90. The lowest BCUT2D eigenvalue weighted by Crippen LogP contribution is -2.54. The molecule has 1 aliphatic heterocycles. The first kappa shape index (κ1) is 13.3. The summed E-state index contributed by atoms with van der Waals surface area (Å²) in [4.78, 5) is 2.58. The third-order valence-corrected chi connectivity index (χ3v) is 4.04. The predicted molar refractivity (Wildman–Crippen MR) is 68.3 cm³/mol. The first-order valence-electron chi connectivity index (χ1n) is 6.88. The van der Waals surface area contributed by atoms with Crippen LogP contribution in [0.2, 0.25) is 0 Å². The fourth-order valence-electron chi connectivity index (χ4n) is 3.16. The van der Waals surface area contributed by atoms with E-state index in [-0.39, 0.29) is 0 Å². The summed E-state index contributed by atoms with van der Waals surface area (Å²) in [5.41, 5.74) is 0. The molecular weight excluding hydrogens is 216 g/mol. The first-order chi connectivity index (χ1) is 8.35. The number of hydrogen-bond donors (Lipinski definition) is 1. The molecule has 4 heteroatoms. The monoisotopic (exact) mass is 242 g/mol. The number of hydrogen-bond acceptors (Lipinski definition) is 4. The number of likely N-dealkylation sites (N-methyl/N-ethyl adjacent to an activating group) is 1. The van der Waals surface area contributed by atoms with Gasteiger partial charge in [-0.3, -0.25) is 4.90 Å². The Morgan fingerprint density at radius 2 is 2.18 bits per heavy atom. The van der Waals surface area contributed by atoms with Gasteiger partial charge in [-0.05, 0) is 19.9 Å². The molecule has 4 nitrogen and oxygen atoms in total. The molecule has 1 saturated heterocycles. The maximum atomic E-state index is 5.76. The van der Waals surface area contributed by atoms with E-state index in [1.807, 2.05) is 14.2 Å². The standard InChI is InChI=1S/C13H26N2O2/c1-14-9-11-10-15(7-8-17-11)12-5-3-4-6-13(12)16-2/h11-14H,3-10H2,1-2H3. The predicted octanol–water partition coefficient (Wildman–Crippen LogP) is 0.864. The van der Waals surface area contributed by atoms with Gasteiger partial charge in [-0.15, -0.1) is 0 Å². The van der Waals surface area contributed by atoms with Gasteiger partial charge in [0.1, 0.15) is 0 Å². The quantitative estimate of drug-likeness (QED) is 0.793. The Bertz CT molecular complexity index is 223. The molecule has 2 fully saturated rings. The van der Waals surface area contributed by atoms with Crippen LogP contribution in [0.25, 0.3) is 0 Å². The van der Waals surface area contributed by atoms with E-state index in [2.05, 4.69) is 10.2 Å². The van der Waals surface area contributed by atoms with Gasteiger partial charge in [0.25, 0.3) is 0 Å². The molecule has 17 heavy (non-hydrogen) atoms. The van der Waals surface area contributed by atoms with E-state index in [0.717, 1.165) is 26.2 Å². The molecule has 100 valence electrons. The van der Waals surface area contributed by atoms with Crippen LogP contribution < -0.4 is 5.32 Å². The molecule has 0 aromatic rings. The van der Waals surface area contributed by atoms with Gasteiger partial charge in [0.05, 0.1) is 18.8 Å². The smallest absolute Gasteiger partial charge is 0.0826 e. The van der Waals surface area contributed by atoms with Crippen LogP contribution in [-0.4, -0.2) is 63.5 Å². The Kier molecular flexibility index (Phi) is 5.22. The van der Waals surface area contributed by atoms with Gasteiger partial charge >= 0.3 is 0 Å². The SMILES string of the molecule is CNCC1CN(C2CCCCC2OC)CCO1. The highest BCUT2D eigenvalue weighted by Crippen LogP contribution is 2.26. The normalized spacial score (nSPS) is 36.0. The third-order valence-electron chi connectivity index (χ3n) is 4.04. The molecule has 0 aromatic carbocycles. The average Bonchev–Trinajstić information content (AvgIpc) is 2.39. The molecule has 3 atom stereocenters. The van der Waals surface area contributed by atoms with E-state index in [1.54, 1.807) is 0 Å². The Morgan fingerprint density at radius 1 is 1.35 bits per heavy atom. The van der Waals surface area contributed by atoms with Crippen LogP contribution in [-0.2, 0) is 9.47 Å². The van der Waals surface area contributed by atoms with Crippen molar-refractivity contribution in [2.75, 3.05) is 40.4 Å². The van der Waals surface area contributed by atoms with E-state index in [0.29, 0.717) is 18.2 Å². The van der Waals surface area contributed by atoms with Gasteiger partial charge in [0.2, 0.25) is 0 Å². The van der Waals surface area contributed by atoms with E-state index in [4.69, 9.17) is 9.47 Å². The molecule has 1 aliphatic carbocycles. The third kappa shape index (κ3) is 3.41. The highest BCUT2D eigenvalue weighted by atomic mass is 16.5. The largest absolute Gasteiger partial charge is 0.380 e. The number of morpholine rings is 1. The zero-order valence-electron chi connectivity index (χ0n) is 11.2. The highest BCUT2D eigenvalue weighted by molar-refractivity contribution is 4.87. The Labute approximate surface area is 105 Å². The van der Waals surface area contributed by atoms with Gasteiger partial charge in [-0.25, -0.2) is 0 Å². The van der Waals surface area contributed by atoms with Crippen molar-refractivity contribution in [2.45, 2.75) is 43.9 Å². The van der Waals surface area contributed by atoms with Crippen LogP contribution in [0.3, 0.4) is 0 Å². The molecule has 1 saturated carbocycles. The molecule has 2 aliphatic rings. The molecule has 1 N–H and O–H groups in total. The zero-order chi connectivity index (χ0) is 12.1. The highest BCUT2D eigenvalue weighted by Gasteiger charge is 2.33. The average molecular weight is 242 g/mol. The second kappa shape index (κ2) is 6.69. The van der Waals surface area contributed by atoms with Crippen LogP contribution in [0.5, 0.6) is 0 Å². The minimum Gasteiger partial charge on any atom is -0.380 e. The van der Waals surface area contributed by atoms with Crippen molar-refractivity contribution < 1.29 is 9.47 Å². The summed E-state index contributed by atoms with van der Waals surface area (Å²) in [6.45, 7) is 3.91. The Balaban J connectivity index is 1.90. The van der Waals surface area contributed by atoms with Crippen LogP contribution >= 0.6 is 0 Å². The maximum Gasteiger partial charge on any atom is 0.0826 e. The number of nitrogens with one attached hydrogen (secondary N) is 1. The number of methoxy groups -OCH3 is 1. The molecule has 3 unspecified atom stereocenters. The van der Waals surface area contributed by atoms with Gasteiger partial charge < -0.3 is 14.8 Å². The number of ether oxygens (including phenoxy) is 2. The van der Waals surface area contributed by atoms with Crippen molar-refractivity contribution in [2.24, 2.45) is 0 Å². The fraction of sp³-hybridized carbons (Fsp3) is 1.00. The first-order valence-corrected chi connectivity index (χ1v) is 6.88. The van der Waals surface area contributed by atoms with Crippen molar-refractivity contribution in [3.63, 3.8) is 0 Å². The second-order valence-electron chi connectivity index (χ2n) is 5.17.